The number of hydrogen-bond acceptors (Lipinski definition) is 8. The van der Waals surface area contributed by atoms with Crippen molar-refractivity contribution < 1.29 is 23.1 Å². The fraction of sp³-hybridized carbons (Fsp3) is 0.360. The number of carboxylic acids is 1. The quantitative estimate of drug-likeness (QED) is 0.346. The molecule has 1 atom stereocenters. The summed E-state index contributed by atoms with van der Waals surface area (Å²) in [5.41, 5.74) is 0.932. The number of carboxylic acid groups (broad SMARTS) is 1. The Bertz CT molecular complexity index is 1480. The molecule has 0 aliphatic heterocycles. The average molecular weight is 527 g/mol. The number of halogens is 3. The van der Waals surface area contributed by atoms with Crippen molar-refractivity contribution in [3.05, 3.63) is 53.6 Å². The van der Waals surface area contributed by atoms with Crippen molar-refractivity contribution in [3.63, 3.8) is 0 Å². The van der Waals surface area contributed by atoms with Gasteiger partial charge in [-0.25, -0.2) is 29.7 Å². The van der Waals surface area contributed by atoms with E-state index in [9.17, 15) is 23.1 Å². The first-order valence-corrected chi connectivity index (χ1v) is 11.9. The van der Waals surface area contributed by atoms with Gasteiger partial charge in [0.15, 0.2) is 11.5 Å². The third-order valence-corrected chi connectivity index (χ3v) is 6.41. The van der Waals surface area contributed by atoms with Crippen LogP contribution < -0.4 is 10.2 Å². The molecule has 3 aromatic heterocycles. The van der Waals surface area contributed by atoms with Crippen LogP contribution in [0.3, 0.4) is 0 Å². The van der Waals surface area contributed by atoms with Gasteiger partial charge in [0.1, 0.15) is 11.3 Å². The largest absolute Gasteiger partial charge is 0.475 e. The van der Waals surface area contributed by atoms with E-state index >= 15 is 0 Å². The van der Waals surface area contributed by atoms with E-state index in [1.807, 2.05) is 6.92 Å². The maximum absolute atomic E-state index is 13.1. The lowest BCUT2D eigenvalue weighted by Crippen LogP contribution is -2.20. The zero-order valence-corrected chi connectivity index (χ0v) is 20.9. The third-order valence-electron chi connectivity index (χ3n) is 6.41. The maximum Gasteiger partial charge on any atom is 0.416 e. The van der Waals surface area contributed by atoms with Gasteiger partial charge >= 0.3 is 12.1 Å². The molecule has 13 heteroatoms. The summed E-state index contributed by atoms with van der Waals surface area (Å²) in [6, 6.07) is 4.87. The maximum atomic E-state index is 13.1. The Kier molecular flexibility index (Phi) is 6.37. The van der Waals surface area contributed by atoms with Gasteiger partial charge in [0.05, 0.1) is 11.1 Å². The molecule has 0 bridgehead atoms. The highest BCUT2D eigenvalue weighted by Crippen LogP contribution is 2.36. The molecule has 5 rings (SSSR count). The van der Waals surface area contributed by atoms with Crippen LogP contribution >= 0.6 is 0 Å². The van der Waals surface area contributed by atoms with Crippen LogP contribution in [0.4, 0.5) is 24.9 Å². The molecule has 38 heavy (non-hydrogen) atoms. The first-order valence-electron chi connectivity index (χ1n) is 11.9. The standard InChI is InChI=1S/C25H25F3N8O2/c1-13(15-6-7-15)31-19-18-20(33-21(32-19)23(37)38)34-22(16-10-29-24(30-11-16)35(2)3)36(18)12-14-4-8-17(9-5-14)25(26,27)28/h4-5,8-11,13,15H,6-7,12H2,1-3H3,(H,37,38)(H,31,32,33)/t13-/m1/s1. The van der Waals surface area contributed by atoms with Crippen molar-refractivity contribution in [1.82, 2.24) is 29.5 Å². The van der Waals surface area contributed by atoms with Gasteiger partial charge in [0.25, 0.3) is 0 Å². The summed E-state index contributed by atoms with van der Waals surface area (Å²) in [6.07, 6.45) is 0.824. The van der Waals surface area contributed by atoms with Crippen LogP contribution in [0.5, 0.6) is 0 Å². The molecular weight excluding hydrogens is 501 g/mol. The van der Waals surface area contributed by atoms with E-state index in [0.717, 1.165) is 25.0 Å². The Hall–Kier alpha value is -4.29. The highest BCUT2D eigenvalue weighted by molar-refractivity contribution is 5.92. The van der Waals surface area contributed by atoms with Crippen molar-refractivity contribution in [1.29, 1.82) is 0 Å². The number of carbonyl (C=O) groups is 1. The van der Waals surface area contributed by atoms with Crippen LogP contribution in [0.2, 0.25) is 0 Å². The SMILES string of the molecule is C[C@@H](Nc1nc(C(=O)O)nc2nc(-c3cnc(N(C)C)nc3)n(Cc3ccc(C(F)(F)F)cc3)c12)C1CC1. The molecule has 0 radical (unpaired) electrons. The van der Waals surface area contributed by atoms with E-state index in [2.05, 4.69) is 30.2 Å². The van der Waals surface area contributed by atoms with Crippen molar-refractivity contribution in [2.24, 2.45) is 5.92 Å². The van der Waals surface area contributed by atoms with Gasteiger partial charge in [0.2, 0.25) is 11.8 Å². The molecule has 0 unspecified atom stereocenters. The molecule has 2 N–H and O–H groups in total. The van der Waals surface area contributed by atoms with E-state index in [1.54, 1.807) is 36.0 Å². The lowest BCUT2D eigenvalue weighted by atomic mass is 10.1. The van der Waals surface area contributed by atoms with E-state index < -0.39 is 23.5 Å². The number of alkyl halides is 3. The number of hydrogen-bond donors (Lipinski definition) is 2. The molecule has 10 nitrogen and oxygen atoms in total. The van der Waals surface area contributed by atoms with Crippen LogP contribution in [0, 0.1) is 5.92 Å². The highest BCUT2D eigenvalue weighted by atomic mass is 19.4. The zero-order chi connectivity index (χ0) is 27.2. The van der Waals surface area contributed by atoms with Gasteiger partial charge in [-0.05, 0) is 43.4 Å². The molecule has 3 heterocycles. The summed E-state index contributed by atoms with van der Waals surface area (Å²) in [5.74, 6) is -0.120. The Labute approximate surface area is 215 Å². The summed E-state index contributed by atoms with van der Waals surface area (Å²) in [7, 11) is 3.60. The average Bonchev–Trinajstić information content (AvgIpc) is 3.66. The highest BCUT2D eigenvalue weighted by Gasteiger charge is 2.31. The van der Waals surface area contributed by atoms with E-state index in [1.165, 1.54) is 12.1 Å². The summed E-state index contributed by atoms with van der Waals surface area (Å²) >= 11 is 0. The molecule has 0 spiro atoms. The lowest BCUT2D eigenvalue weighted by molar-refractivity contribution is -0.137. The van der Waals surface area contributed by atoms with Gasteiger partial charge in [0, 0.05) is 39.1 Å². The number of rotatable bonds is 8. The summed E-state index contributed by atoms with van der Waals surface area (Å²) in [6.45, 7) is 2.12. The molecular formula is C25H25F3N8O2. The van der Waals surface area contributed by atoms with Crippen molar-refractivity contribution in [2.45, 2.75) is 38.5 Å². The lowest BCUT2D eigenvalue weighted by Gasteiger charge is -2.17. The van der Waals surface area contributed by atoms with Crippen molar-refractivity contribution >= 4 is 28.9 Å². The number of anilines is 2. The number of imidazole rings is 1. The molecule has 1 aliphatic rings. The second-order valence-electron chi connectivity index (χ2n) is 9.53. The molecule has 0 amide bonds. The van der Waals surface area contributed by atoms with Crippen molar-refractivity contribution in [3.8, 4) is 11.4 Å². The minimum absolute atomic E-state index is 0.0234. The van der Waals surface area contributed by atoms with Gasteiger partial charge in [-0.15, -0.1) is 0 Å². The van der Waals surface area contributed by atoms with Gasteiger partial charge in [-0.1, -0.05) is 12.1 Å². The fourth-order valence-electron chi connectivity index (χ4n) is 4.19. The van der Waals surface area contributed by atoms with Crippen LogP contribution in [-0.2, 0) is 12.7 Å². The van der Waals surface area contributed by atoms with Crippen LogP contribution in [0.15, 0.2) is 36.7 Å². The molecule has 4 aromatic rings. The van der Waals surface area contributed by atoms with Crippen LogP contribution in [-0.4, -0.2) is 60.7 Å². The van der Waals surface area contributed by atoms with Gasteiger partial charge < -0.3 is 19.9 Å². The van der Waals surface area contributed by atoms with Crippen LogP contribution in [0.25, 0.3) is 22.6 Å². The first-order chi connectivity index (χ1) is 18.0. The van der Waals surface area contributed by atoms with Crippen LogP contribution in [0.1, 0.15) is 41.5 Å². The third kappa shape index (κ3) is 5.08. The number of aromatic carboxylic acids is 1. The predicted octanol–water partition coefficient (Wildman–Crippen LogP) is 4.33. The Morgan fingerprint density at radius 1 is 1.13 bits per heavy atom. The minimum Gasteiger partial charge on any atom is -0.475 e. The smallest absolute Gasteiger partial charge is 0.416 e. The van der Waals surface area contributed by atoms with E-state index in [0.29, 0.717) is 40.2 Å². The molecule has 1 saturated carbocycles. The van der Waals surface area contributed by atoms with E-state index in [4.69, 9.17) is 0 Å². The van der Waals surface area contributed by atoms with E-state index in [-0.39, 0.29) is 18.2 Å². The molecule has 1 fully saturated rings. The topological polar surface area (TPSA) is 122 Å². The number of benzene rings is 1. The van der Waals surface area contributed by atoms with Gasteiger partial charge in [-0.3, -0.25) is 0 Å². The summed E-state index contributed by atoms with van der Waals surface area (Å²) in [5, 5.41) is 12.9. The number of aromatic nitrogens is 6. The molecule has 0 saturated heterocycles. The molecule has 1 aliphatic carbocycles. The molecule has 1 aromatic carbocycles. The van der Waals surface area contributed by atoms with Gasteiger partial charge in [-0.2, -0.15) is 13.2 Å². The minimum atomic E-state index is -4.45. The predicted molar refractivity (Wildman–Crippen MR) is 134 cm³/mol. The van der Waals surface area contributed by atoms with Crippen molar-refractivity contribution in [2.75, 3.05) is 24.3 Å². The molecule has 198 valence electrons. The first kappa shape index (κ1) is 25.4. The zero-order valence-electron chi connectivity index (χ0n) is 20.9. The second-order valence-corrected chi connectivity index (χ2v) is 9.53. The second kappa shape index (κ2) is 9.54. The normalized spacial score (nSPS) is 14.5. The number of fused-ring (bicyclic) bond motifs is 1. The Morgan fingerprint density at radius 2 is 1.79 bits per heavy atom. The fourth-order valence-corrected chi connectivity index (χ4v) is 4.19. The monoisotopic (exact) mass is 526 g/mol. The number of nitrogens with one attached hydrogen (secondary N) is 1. The summed E-state index contributed by atoms with van der Waals surface area (Å²) < 4.78 is 41.1. The number of nitrogens with zero attached hydrogens (tertiary/aromatic N) is 7. The Balaban J connectivity index is 1.67. The summed E-state index contributed by atoms with van der Waals surface area (Å²) in [4.78, 5) is 35.3. The Morgan fingerprint density at radius 3 is 2.34 bits per heavy atom.